The fraction of sp³-hybridized carbons (Fsp3) is 0.750. The van der Waals surface area contributed by atoms with E-state index in [-0.39, 0.29) is 24.4 Å². The SMILES string of the molecule is CC(=O)CC#N.CC(=O)CC#N.CC(C)C[O][Ti](=[O])[O]CC(C)C. The summed E-state index contributed by atoms with van der Waals surface area (Å²) in [5.74, 6) is 0.697. The second-order valence-electron chi connectivity index (χ2n) is 5.73. The van der Waals surface area contributed by atoms with E-state index in [0.29, 0.717) is 25.0 Å². The van der Waals surface area contributed by atoms with Crippen LogP contribution in [0, 0.1) is 34.5 Å². The molecule has 0 aromatic rings. The molecule has 0 bridgehead atoms. The third-order valence-corrected chi connectivity index (χ3v) is 2.98. The van der Waals surface area contributed by atoms with E-state index in [4.69, 9.17) is 17.2 Å². The van der Waals surface area contributed by atoms with E-state index >= 15 is 0 Å². The van der Waals surface area contributed by atoms with Gasteiger partial charge in [-0.05, 0) is 13.8 Å². The first-order valence-corrected chi connectivity index (χ1v) is 9.50. The number of hydrogen-bond acceptors (Lipinski definition) is 7. The van der Waals surface area contributed by atoms with E-state index < -0.39 is 18.6 Å². The molecule has 0 saturated heterocycles. The Kier molecular flexibility index (Phi) is 22.8. The molecule has 0 rings (SSSR count). The first-order chi connectivity index (χ1) is 11.1. The van der Waals surface area contributed by atoms with Crippen LogP contribution in [0.4, 0.5) is 0 Å². The molecule has 136 valence electrons. The van der Waals surface area contributed by atoms with Gasteiger partial charge in [0.1, 0.15) is 11.6 Å². The van der Waals surface area contributed by atoms with Crippen LogP contribution in [0.3, 0.4) is 0 Å². The van der Waals surface area contributed by atoms with Crippen molar-refractivity contribution in [1.29, 1.82) is 10.5 Å². The van der Waals surface area contributed by atoms with E-state index in [9.17, 15) is 12.9 Å². The van der Waals surface area contributed by atoms with Crippen LogP contribution in [-0.4, -0.2) is 24.8 Å². The van der Waals surface area contributed by atoms with Crippen LogP contribution in [0.25, 0.3) is 0 Å². The second-order valence-corrected chi connectivity index (χ2v) is 7.42. The van der Waals surface area contributed by atoms with Crippen LogP contribution in [0.1, 0.15) is 54.4 Å². The summed E-state index contributed by atoms with van der Waals surface area (Å²) in [4.78, 5) is 19.6. The Morgan fingerprint density at radius 3 is 1.29 bits per heavy atom. The van der Waals surface area contributed by atoms with E-state index in [1.54, 1.807) is 12.1 Å². The van der Waals surface area contributed by atoms with Gasteiger partial charge in [0.2, 0.25) is 0 Å². The Bertz CT molecular complexity index is 410. The summed E-state index contributed by atoms with van der Waals surface area (Å²) in [6, 6.07) is 3.44. The zero-order valence-corrected chi connectivity index (χ0v) is 17.0. The summed E-state index contributed by atoms with van der Waals surface area (Å²) in [7, 11) is 0. The molecule has 0 saturated carbocycles. The number of ketones is 2. The van der Waals surface area contributed by atoms with Crippen LogP contribution < -0.4 is 0 Å². The number of rotatable bonds is 8. The fourth-order valence-electron chi connectivity index (χ4n) is 0.734. The Morgan fingerprint density at radius 2 is 1.17 bits per heavy atom. The van der Waals surface area contributed by atoms with E-state index in [2.05, 4.69) is 0 Å². The van der Waals surface area contributed by atoms with Gasteiger partial charge in [-0.2, -0.15) is 10.5 Å². The molecule has 0 aliphatic carbocycles. The topological polar surface area (TPSA) is 117 Å². The quantitative estimate of drug-likeness (QED) is 0.597. The summed E-state index contributed by atoms with van der Waals surface area (Å²) in [5.41, 5.74) is 0. The van der Waals surface area contributed by atoms with Crippen LogP contribution in [0.5, 0.6) is 0 Å². The molecule has 7 nitrogen and oxygen atoms in total. The van der Waals surface area contributed by atoms with Gasteiger partial charge in [-0.1, -0.05) is 0 Å². The summed E-state index contributed by atoms with van der Waals surface area (Å²) in [6.45, 7) is 11.9. The average molecular weight is 376 g/mol. The van der Waals surface area contributed by atoms with Gasteiger partial charge >= 0.3 is 81.3 Å². The van der Waals surface area contributed by atoms with Crippen molar-refractivity contribution in [3.05, 3.63) is 0 Å². The van der Waals surface area contributed by atoms with Gasteiger partial charge in [-0.15, -0.1) is 0 Å². The van der Waals surface area contributed by atoms with Gasteiger partial charge in [0.25, 0.3) is 0 Å². The van der Waals surface area contributed by atoms with Crippen LogP contribution in [0.15, 0.2) is 0 Å². The molecule has 0 fully saturated rings. The Labute approximate surface area is 152 Å². The molecular weight excluding hydrogens is 348 g/mol. The van der Waals surface area contributed by atoms with Gasteiger partial charge in [-0.25, -0.2) is 0 Å². The molecule has 0 aliphatic heterocycles. The summed E-state index contributed by atoms with van der Waals surface area (Å²) in [5, 5.41) is 15.5. The summed E-state index contributed by atoms with van der Waals surface area (Å²) in [6.07, 6.45) is 0.0833. The Balaban J connectivity index is -0.000000309. The van der Waals surface area contributed by atoms with Crippen molar-refractivity contribution in [2.45, 2.75) is 54.4 Å². The fourth-order valence-corrected chi connectivity index (χ4v) is 2.33. The Hall–Kier alpha value is -1.25. The molecule has 24 heavy (non-hydrogen) atoms. The number of carbonyl (C=O) groups excluding carboxylic acids is 2. The van der Waals surface area contributed by atoms with Crippen LogP contribution in [0.2, 0.25) is 0 Å². The number of carbonyl (C=O) groups is 2. The summed E-state index contributed by atoms with van der Waals surface area (Å²) >= 11 is -2.82. The van der Waals surface area contributed by atoms with E-state index in [1.807, 2.05) is 27.7 Å². The molecule has 0 atom stereocenters. The van der Waals surface area contributed by atoms with Crippen molar-refractivity contribution in [3.63, 3.8) is 0 Å². The first kappa shape index (κ1) is 27.6. The van der Waals surface area contributed by atoms with Crippen molar-refractivity contribution < 1.29 is 38.2 Å². The summed E-state index contributed by atoms with van der Waals surface area (Å²) < 4.78 is 21.1. The van der Waals surface area contributed by atoms with Crippen LogP contribution in [-0.2, 0) is 38.2 Å². The molecule has 0 amide bonds. The zero-order valence-electron chi connectivity index (χ0n) is 15.4. The molecule has 0 aliphatic rings. The molecule has 0 aromatic carbocycles. The van der Waals surface area contributed by atoms with Crippen molar-refractivity contribution in [1.82, 2.24) is 0 Å². The first-order valence-electron chi connectivity index (χ1n) is 7.59. The maximum atomic E-state index is 11.1. The molecule has 8 heteroatoms. The standard InChI is InChI=1S/2C4H5NO.2C4H9O.O.Ti/c2*1-4(6)2-3-5;2*1-4(2)3-5;;/h2*2H2,1H3;2*4H,3H2,1-2H3;;/q;;2*-1;;+2. The second kappa shape index (κ2) is 19.8. The van der Waals surface area contributed by atoms with Crippen molar-refractivity contribution >= 4 is 11.6 Å². The average Bonchev–Trinajstić information content (AvgIpc) is 2.43. The normalized spacial score (nSPS) is 8.92. The van der Waals surface area contributed by atoms with Gasteiger partial charge < -0.3 is 0 Å². The van der Waals surface area contributed by atoms with Gasteiger partial charge in [0.15, 0.2) is 0 Å². The third kappa shape index (κ3) is 37.2. The molecule has 0 N–H and O–H groups in total. The number of nitriles is 2. The molecule has 0 spiro atoms. The molecular formula is C16H28N2O5Ti. The molecule has 0 aromatic heterocycles. The molecule has 0 radical (unpaired) electrons. The zero-order chi connectivity index (χ0) is 19.5. The van der Waals surface area contributed by atoms with Crippen molar-refractivity contribution in [3.8, 4) is 12.1 Å². The van der Waals surface area contributed by atoms with Gasteiger partial charge in [-0.3, -0.25) is 9.59 Å². The Morgan fingerprint density at radius 1 is 0.875 bits per heavy atom. The minimum atomic E-state index is -2.82. The number of hydrogen-bond donors (Lipinski definition) is 0. The van der Waals surface area contributed by atoms with Crippen molar-refractivity contribution in [2.24, 2.45) is 11.8 Å². The van der Waals surface area contributed by atoms with Crippen LogP contribution >= 0.6 is 0 Å². The number of Topliss-reactive ketones (excluding diaryl/α,β-unsaturated/α-hetero) is 2. The predicted octanol–water partition coefficient (Wildman–Crippen LogP) is 3.10. The van der Waals surface area contributed by atoms with E-state index in [0.717, 1.165) is 0 Å². The predicted molar refractivity (Wildman–Crippen MR) is 84.1 cm³/mol. The molecule has 0 heterocycles. The monoisotopic (exact) mass is 376 g/mol. The minimum absolute atomic E-state index is 0.0417. The molecule has 0 unspecified atom stereocenters. The van der Waals surface area contributed by atoms with Crippen molar-refractivity contribution in [2.75, 3.05) is 13.2 Å². The third-order valence-electron chi connectivity index (χ3n) is 1.73. The van der Waals surface area contributed by atoms with Gasteiger partial charge in [0, 0.05) is 0 Å². The van der Waals surface area contributed by atoms with Gasteiger partial charge in [0.05, 0.1) is 25.0 Å². The number of nitrogens with zero attached hydrogens (tertiary/aromatic N) is 2. The maximum absolute atomic E-state index is 11.1. The van der Waals surface area contributed by atoms with E-state index in [1.165, 1.54) is 13.8 Å².